The molecular weight excluding hydrogens is 378 g/mol. The summed E-state index contributed by atoms with van der Waals surface area (Å²) in [7, 11) is 1.63. The molecule has 158 valence electrons. The fourth-order valence-corrected chi connectivity index (χ4v) is 4.68. The molecular formula is C24H29N3O3. The van der Waals surface area contributed by atoms with E-state index in [1.54, 1.807) is 7.11 Å². The zero-order chi connectivity index (χ0) is 21.0. The highest BCUT2D eigenvalue weighted by Gasteiger charge is 2.54. The van der Waals surface area contributed by atoms with Crippen molar-refractivity contribution in [3.05, 3.63) is 65.7 Å². The smallest absolute Gasteiger partial charge is 0.315 e. The Morgan fingerprint density at radius 2 is 1.53 bits per heavy atom. The van der Waals surface area contributed by atoms with Gasteiger partial charge in [-0.2, -0.15) is 0 Å². The molecule has 6 nitrogen and oxygen atoms in total. The third kappa shape index (κ3) is 4.75. The number of benzene rings is 2. The first-order chi connectivity index (χ1) is 14.5. The van der Waals surface area contributed by atoms with Crippen LogP contribution in [0.2, 0.25) is 0 Å². The zero-order valence-electron chi connectivity index (χ0n) is 17.3. The molecule has 2 aromatic carbocycles. The van der Waals surface area contributed by atoms with Gasteiger partial charge in [-0.1, -0.05) is 42.5 Å². The first-order valence-electron chi connectivity index (χ1n) is 10.5. The lowest BCUT2D eigenvalue weighted by atomic mass is 9.50. The summed E-state index contributed by atoms with van der Waals surface area (Å²) in [5, 5.41) is 8.99. The first kappa shape index (κ1) is 20.3. The van der Waals surface area contributed by atoms with Gasteiger partial charge in [0, 0.05) is 25.0 Å². The Bertz CT molecular complexity index is 868. The van der Waals surface area contributed by atoms with Crippen molar-refractivity contribution < 1.29 is 14.3 Å². The molecule has 2 aliphatic carbocycles. The maximum atomic E-state index is 12.3. The van der Waals surface area contributed by atoms with E-state index < -0.39 is 0 Å². The summed E-state index contributed by atoms with van der Waals surface area (Å²) >= 11 is 0. The Morgan fingerprint density at radius 1 is 0.900 bits per heavy atom. The maximum absolute atomic E-state index is 12.3. The highest BCUT2D eigenvalue weighted by atomic mass is 16.5. The van der Waals surface area contributed by atoms with Crippen LogP contribution in [0.3, 0.4) is 0 Å². The van der Waals surface area contributed by atoms with E-state index in [1.807, 2.05) is 54.6 Å². The predicted molar refractivity (Wildman–Crippen MR) is 115 cm³/mol. The van der Waals surface area contributed by atoms with Crippen LogP contribution in [-0.2, 0) is 17.9 Å². The summed E-state index contributed by atoms with van der Waals surface area (Å²) < 4.78 is 5.14. The Labute approximate surface area is 177 Å². The van der Waals surface area contributed by atoms with Crippen molar-refractivity contribution in [2.75, 3.05) is 7.11 Å². The van der Waals surface area contributed by atoms with Crippen molar-refractivity contribution in [3.63, 3.8) is 0 Å². The second-order valence-corrected chi connectivity index (χ2v) is 8.59. The number of ether oxygens (including phenoxy) is 1. The normalized spacial score (nSPS) is 24.3. The molecule has 0 bridgehead atoms. The number of carbonyl (C=O) groups excluding carboxylic acids is 2. The predicted octanol–water partition coefficient (Wildman–Crippen LogP) is 3.37. The van der Waals surface area contributed by atoms with Gasteiger partial charge in [-0.15, -0.1) is 0 Å². The van der Waals surface area contributed by atoms with Gasteiger partial charge >= 0.3 is 6.03 Å². The van der Waals surface area contributed by atoms with Gasteiger partial charge in [-0.25, -0.2) is 4.79 Å². The molecule has 2 aromatic rings. The fourth-order valence-electron chi connectivity index (χ4n) is 4.68. The van der Waals surface area contributed by atoms with Gasteiger partial charge in [-0.05, 0) is 54.4 Å². The topological polar surface area (TPSA) is 79.5 Å². The van der Waals surface area contributed by atoms with E-state index in [0.717, 1.165) is 42.6 Å². The number of amides is 3. The minimum absolute atomic E-state index is 0.110. The van der Waals surface area contributed by atoms with E-state index in [1.165, 1.54) is 0 Å². The number of urea groups is 1. The Hall–Kier alpha value is -3.02. The molecule has 0 aromatic heterocycles. The Morgan fingerprint density at radius 3 is 2.20 bits per heavy atom. The SMILES string of the molecule is COc1ccc(CNC(=O)NC2CC3(C2)CC(C(=O)NCc2ccccc2)C3)cc1. The van der Waals surface area contributed by atoms with Crippen LogP contribution in [0, 0.1) is 11.3 Å². The van der Waals surface area contributed by atoms with Crippen molar-refractivity contribution in [1.29, 1.82) is 0 Å². The molecule has 0 unspecified atom stereocenters. The van der Waals surface area contributed by atoms with Crippen molar-refractivity contribution >= 4 is 11.9 Å². The third-order valence-corrected chi connectivity index (χ3v) is 6.35. The molecule has 0 heterocycles. The molecule has 0 atom stereocenters. The van der Waals surface area contributed by atoms with E-state index in [0.29, 0.717) is 13.1 Å². The second-order valence-electron chi connectivity index (χ2n) is 8.59. The van der Waals surface area contributed by atoms with Crippen LogP contribution < -0.4 is 20.7 Å². The average molecular weight is 408 g/mol. The zero-order valence-corrected chi connectivity index (χ0v) is 17.3. The molecule has 3 amide bonds. The number of hydrogen-bond acceptors (Lipinski definition) is 3. The number of methoxy groups -OCH3 is 1. The van der Waals surface area contributed by atoms with Gasteiger partial charge < -0.3 is 20.7 Å². The van der Waals surface area contributed by atoms with E-state index in [4.69, 9.17) is 4.74 Å². The largest absolute Gasteiger partial charge is 0.497 e. The van der Waals surface area contributed by atoms with Crippen molar-refractivity contribution in [3.8, 4) is 5.75 Å². The summed E-state index contributed by atoms with van der Waals surface area (Å²) in [6.45, 7) is 1.07. The summed E-state index contributed by atoms with van der Waals surface area (Å²) in [5.41, 5.74) is 2.40. The molecule has 0 saturated heterocycles. The van der Waals surface area contributed by atoms with Crippen molar-refractivity contribution in [1.82, 2.24) is 16.0 Å². The number of hydrogen-bond donors (Lipinski definition) is 3. The minimum Gasteiger partial charge on any atom is -0.497 e. The molecule has 3 N–H and O–H groups in total. The number of carbonyl (C=O) groups is 2. The van der Waals surface area contributed by atoms with Crippen molar-refractivity contribution in [2.45, 2.75) is 44.8 Å². The first-order valence-corrected chi connectivity index (χ1v) is 10.5. The van der Waals surface area contributed by atoms with Crippen molar-refractivity contribution in [2.24, 2.45) is 11.3 Å². The van der Waals surface area contributed by atoms with Crippen LogP contribution in [0.1, 0.15) is 36.8 Å². The summed E-state index contributed by atoms with van der Waals surface area (Å²) in [5.74, 6) is 1.06. The third-order valence-electron chi connectivity index (χ3n) is 6.35. The van der Waals surface area contributed by atoms with Crippen LogP contribution in [0.5, 0.6) is 5.75 Å². The van der Waals surface area contributed by atoms with Crippen LogP contribution in [0.15, 0.2) is 54.6 Å². The molecule has 6 heteroatoms. The Balaban J connectivity index is 1.12. The van der Waals surface area contributed by atoms with Crippen LogP contribution in [0.25, 0.3) is 0 Å². The van der Waals surface area contributed by atoms with E-state index in [-0.39, 0.29) is 29.3 Å². The van der Waals surface area contributed by atoms with Gasteiger partial charge in [0.05, 0.1) is 7.11 Å². The summed E-state index contributed by atoms with van der Waals surface area (Å²) in [6, 6.07) is 17.7. The lowest BCUT2D eigenvalue weighted by Gasteiger charge is -2.57. The van der Waals surface area contributed by atoms with Gasteiger partial charge in [-0.3, -0.25) is 4.79 Å². The molecule has 30 heavy (non-hydrogen) atoms. The quantitative estimate of drug-likeness (QED) is 0.658. The van der Waals surface area contributed by atoms with E-state index >= 15 is 0 Å². The minimum atomic E-state index is -0.137. The Kier molecular flexibility index (Phi) is 5.93. The highest BCUT2D eigenvalue weighted by Crippen LogP contribution is 2.58. The highest BCUT2D eigenvalue weighted by molar-refractivity contribution is 5.80. The number of nitrogens with one attached hydrogen (secondary N) is 3. The standard InChI is InChI=1S/C24H29N3O3/c1-30-21-9-7-18(8-10-21)16-26-23(29)27-20-13-24(14-20)11-19(12-24)22(28)25-15-17-5-3-2-4-6-17/h2-10,19-20H,11-16H2,1H3,(H,25,28)(H2,26,27,29). The molecule has 0 radical (unpaired) electrons. The van der Waals surface area contributed by atoms with Gasteiger partial charge in [0.2, 0.25) is 5.91 Å². The van der Waals surface area contributed by atoms with E-state index in [2.05, 4.69) is 16.0 Å². The van der Waals surface area contributed by atoms with Crippen LogP contribution in [0.4, 0.5) is 4.79 Å². The number of rotatable bonds is 7. The molecule has 0 aliphatic heterocycles. The molecule has 1 spiro atoms. The van der Waals surface area contributed by atoms with Gasteiger partial charge in [0.1, 0.15) is 5.75 Å². The molecule has 2 saturated carbocycles. The van der Waals surface area contributed by atoms with Crippen LogP contribution in [-0.4, -0.2) is 25.1 Å². The summed E-state index contributed by atoms with van der Waals surface area (Å²) in [6.07, 6.45) is 3.79. The fraction of sp³-hybridized carbons (Fsp3) is 0.417. The monoisotopic (exact) mass is 407 g/mol. The van der Waals surface area contributed by atoms with Gasteiger partial charge in [0.15, 0.2) is 0 Å². The average Bonchev–Trinajstić information content (AvgIpc) is 2.72. The lowest BCUT2D eigenvalue weighted by molar-refractivity contribution is -0.138. The summed E-state index contributed by atoms with van der Waals surface area (Å²) in [4.78, 5) is 24.5. The maximum Gasteiger partial charge on any atom is 0.315 e. The van der Waals surface area contributed by atoms with Gasteiger partial charge in [0.25, 0.3) is 0 Å². The van der Waals surface area contributed by atoms with E-state index in [9.17, 15) is 9.59 Å². The molecule has 2 fully saturated rings. The molecule has 4 rings (SSSR count). The second kappa shape index (κ2) is 8.78. The molecule has 2 aliphatic rings. The lowest BCUT2D eigenvalue weighted by Crippen LogP contribution is -2.59. The van der Waals surface area contributed by atoms with Crippen LogP contribution >= 0.6 is 0 Å².